The maximum absolute atomic E-state index is 11.5. The van der Waals surface area contributed by atoms with Gasteiger partial charge in [-0.1, -0.05) is 6.92 Å². The van der Waals surface area contributed by atoms with E-state index in [-0.39, 0.29) is 29.9 Å². The molecule has 6 nitrogen and oxygen atoms in total. The molecule has 0 bridgehead atoms. The number of methoxy groups -OCH3 is 1. The maximum Gasteiger partial charge on any atom is 0.341 e. The molecule has 22 heavy (non-hydrogen) atoms. The Morgan fingerprint density at radius 3 is 2.77 bits per heavy atom. The first kappa shape index (κ1) is 18.8. The summed E-state index contributed by atoms with van der Waals surface area (Å²) in [4.78, 5) is 16.0. The Kier molecular flexibility index (Phi) is 7.18. The summed E-state index contributed by atoms with van der Waals surface area (Å²) in [5.41, 5.74) is 0.455. The normalized spacial score (nSPS) is 20.1. The van der Waals surface area contributed by atoms with Crippen molar-refractivity contribution >= 4 is 35.9 Å². The number of ether oxygens (including phenoxy) is 1. The lowest BCUT2D eigenvalue weighted by Gasteiger charge is -2.10. The first-order valence-electron chi connectivity index (χ1n) is 7.27. The molecule has 2 rings (SSSR count). The predicted molar refractivity (Wildman–Crippen MR) is 95.7 cm³/mol. The number of guanidine groups is 1. The smallest absolute Gasteiger partial charge is 0.341 e. The van der Waals surface area contributed by atoms with Crippen LogP contribution in [0.25, 0.3) is 0 Å². The van der Waals surface area contributed by atoms with Crippen LogP contribution in [-0.2, 0) is 11.3 Å². The highest BCUT2D eigenvalue weighted by molar-refractivity contribution is 14.0. The van der Waals surface area contributed by atoms with Gasteiger partial charge in [0.2, 0.25) is 0 Å². The Hall–Kier alpha value is -1.25. The summed E-state index contributed by atoms with van der Waals surface area (Å²) in [5.74, 6) is 2.30. The summed E-state index contributed by atoms with van der Waals surface area (Å²) in [7, 11) is 1.36. The van der Waals surface area contributed by atoms with Crippen molar-refractivity contribution in [2.24, 2.45) is 10.9 Å². The minimum absolute atomic E-state index is 0. The van der Waals surface area contributed by atoms with Crippen LogP contribution in [0.15, 0.2) is 15.5 Å². The molecule has 0 spiro atoms. The third-order valence-corrected chi connectivity index (χ3v) is 3.54. The minimum Gasteiger partial charge on any atom is -0.465 e. The number of aryl methyl sites for hydroxylation is 1. The van der Waals surface area contributed by atoms with Gasteiger partial charge in [0.15, 0.2) is 5.96 Å². The number of furan rings is 1. The van der Waals surface area contributed by atoms with E-state index in [2.05, 4.69) is 22.5 Å². The number of aliphatic imine (C=N–C) groups is 1. The third-order valence-electron chi connectivity index (χ3n) is 3.54. The molecule has 1 saturated carbocycles. The van der Waals surface area contributed by atoms with Gasteiger partial charge < -0.3 is 19.8 Å². The molecule has 0 saturated heterocycles. The predicted octanol–water partition coefficient (Wildman–Crippen LogP) is 2.46. The molecule has 2 unspecified atom stereocenters. The van der Waals surface area contributed by atoms with Crippen molar-refractivity contribution in [3.05, 3.63) is 23.2 Å². The van der Waals surface area contributed by atoms with E-state index < -0.39 is 0 Å². The number of hydrogen-bond donors (Lipinski definition) is 2. The van der Waals surface area contributed by atoms with E-state index in [0.29, 0.717) is 35.6 Å². The highest BCUT2D eigenvalue weighted by atomic mass is 127. The van der Waals surface area contributed by atoms with Crippen LogP contribution in [0.5, 0.6) is 0 Å². The van der Waals surface area contributed by atoms with Crippen molar-refractivity contribution in [3.63, 3.8) is 0 Å². The summed E-state index contributed by atoms with van der Waals surface area (Å²) in [5, 5.41) is 6.58. The van der Waals surface area contributed by atoms with Gasteiger partial charge in [-0.2, -0.15) is 0 Å². The van der Waals surface area contributed by atoms with Gasteiger partial charge in [-0.15, -0.1) is 24.0 Å². The number of esters is 1. The fourth-order valence-corrected chi connectivity index (χ4v) is 2.11. The zero-order valence-corrected chi connectivity index (χ0v) is 15.8. The van der Waals surface area contributed by atoms with E-state index in [0.717, 1.165) is 12.5 Å². The lowest BCUT2D eigenvalue weighted by Crippen LogP contribution is -2.39. The fraction of sp³-hybridized carbons (Fsp3) is 0.600. The third kappa shape index (κ3) is 4.89. The van der Waals surface area contributed by atoms with Gasteiger partial charge in [0.1, 0.15) is 23.6 Å². The molecule has 1 aromatic rings. The highest BCUT2D eigenvalue weighted by Crippen LogP contribution is 2.28. The molecule has 0 aromatic carbocycles. The molecule has 1 aliphatic rings. The largest absolute Gasteiger partial charge is 0.465 e. The van der Waals surface area contributed by atoms with E-state index >= 15 is 0 Å². The van der Waals surface area contributed by atoms with Crippen molar-refractivity contribution in [1.29, 1.82) is 0 Å². The van der Waals surface area contributed by atoms with Crippen molar-refractivity contribution < 1.29 is 13.9 Å². The summed E-state index contributed by atoms with van der Waals surface area (Å²) in [6.07, 6.45) is 1.18. The molecular formula is C15H24IN3O3. The fourth-order valence-electron chi connectivity index (χ4n) is 2.11. The molecular weight excluding hydrogens is 397 g/mol. The van der Waals surface area contributed by atoms with E-state index in [1.165, 1.54) is 13.5 Å². The van der Waals surface area contributed by atoms with Gasteiger partial charge in [-0.05, 0) is 32.3 Å². The first-order valence-corrected chi connectivity index (χ1v) is 7.27. The van der Waals surface area contributed by atoms with E-state index in [9.17, 15) is 4.79 Å². The minimum atomic E-state index is -0.386. The first-order chi connectivity index (χ1) is 10.0. The van der Waals surface area contributed by atoms with Crippen LogP contribution >= 0.6 is 24.0 Å². The second-order valence-electron chi connectivity index (χ2n) is 5.33. The monoisotopic (exact) mass is 421 g/mol. The van der Waals surface area contributed by atoms with Crippen LogP contribution in [-0.4, -0.2) is 31.6 Å². The SMILES string of the molecule is CCNC(=NCc1cc(C(=O)OC)c(C)o1)NC1CC1C.I. The number of rotatable bonds is 5. The lowest BCUT2D eigenvalue weighted by atomic mass is 10.2. The van der Waals surface area contributed by atoms with E-state index in [1.54, 1.807) is 13.0 Å². The standard InChI is InChI=1S/C15H23N3O3.HI/c1-5-16-15(18-13-6-9(13)2)17-8-11-7-12(10(3)21-11)14(19)20-4;/h7,9,13H,5-6,8H2,1-4H3,(H2,16,17,18);1H. The number of carbonyl (C=O) groups is 1. The summed E-state index contributed by atoms with van der Waals surface area (Å²) in [6.45, 7) is 7.17. The Morgan fingerprint density at radius 2 is 2.23 bits per heavy atom. The average Bonchev–Trinajstić information content (AvgIpc) is 3.01. The van der Waals surface area contributed by atoms with Crippen molar-refractivity contribution in [2.75, 3.05) is 13.7 Å². The van der Waals surface area contributed by atoms with Crippen molar-refractivity contribution in [3.8, 4) is 0 Å². The molecule has 0 radical (unpaired) electrons. The zero-order chi connectivity index (χ0) is 15.4. The number of nitrogens with one attached hydrogen (secondary N) is 2. The van der Waals surface area contributed by atoms with Crippen LogP contribution in [0.1, 0.15) is 42.1 Å². The topological polar surface area (TPSA) is 75.9 Å². The quantitative estimate of drug-likeness (QED) is 0.331. The second-order valence-corrected chi connectivity index (χ2v) is 5.33. The van der Waals surface area contributed by atoms with Crippen LogP contribution in [0.3, 0.4) is 0 Å². The van der Waals surface area contributed by atoms with Crippen LogP contribution in [0.2, 0.25) is 0 Å². The van der Waals surface area contributed by atoms with E-state index in [1.807, 2.05) is 6.92 Å². The molecule has 7 heteroatoms. The molecule has 1 aliphatic carbocycles. The summed E-state index contributed by atoms with van der Waals surface area (Å²) >= 11 is 0. The van der Waals surface area contributed by atoms with Crippen LogP contribution in [0, 0.1) is 12.8 Å². The Balaban J connectivity index is 0.00000242. The average molecular weight is 421 g/mol. The lowest BCUT2D eigenvalue weighted by molar-refractivity contribution is 0.0599. The Bertz CT molecular complexity index is 542. The highest BCUT2D eigenvalue weighted by Gasteiger charge is 2.33. The van der Waals surface area contributed by atoms with Crippen molar-refractivity contribution in [2.45, 2.75) is 39.8 Å². The van der Waals surface area contributed by atoms with Crippen LogP contribution < -0.4 is 10.6 Å². The molecule has 2 atom stereocenters. The van der Waals surface area contributed by atoms with Gasteiger partial charge in [-0.25, -0.2) is 9.79 Å². The van der Waals surface area contributed by atoms with Gasteiger partial charge in [-0.3, -0.25) is 0 Å². The van der Waals surface area contributed by atoms with E-state index in [4.69, 9.17) is 9.15 Å². The molecule has 2 N–H and O–H groups in total. The summed E-state index contributed by atoms with van der Waals surface area (Å²) in [6, 6.07) is 2.19. The number of halogens is 1. The molecule has 1 aromatic heterocycles. The van der Waals surface area contributed by atoms with Gasteiger partial charge in [0, 0.05) is 12.6 Å². The second kappa shape index (κ2) is 8.40. The summed E-state index contributed by atoms with van der Waals surface area (Å²) < 4.78 is 10.3. The molecule has 1 heterocycles. The Labute approximate surface area is 148 Å². The number of nitrogens with zero attached hydrogens (tertiary/aromatic N) is 1. The molecule has 1 fully saturated rings. The Morgan fingerprint density at radius 1 is 1.55 bits per heavy atom. The van der Waals surface area contributed by atoms with Gasteiger partial charge in [0.05, 0.1) is 7.11 Å². The maximum atomic E-state index is 11.5. The number of carbonyl (C=O) groups excluding carboxylic acids is 1. The van der Waals surface area contributed by atoms with Crippen LogP contribution in [0.4, 0.5) is 0 Å². The molecule has 0 aliphatic heterocycles. The molecule has 0 amide bonds. The zero-order valence-electron chi connectivity index (χ0n) is 13.4. The molecule has 124 valence electrons. The van der Waals surface area contributed by atoms with Gasteiger partial charge >= 0.3 is 5.97 Å². The number of hydrogen-bond acceptors (Lipinski definition) is 4. The van der Waals surface area contributed by atoms with Crippen molar-refractivity contribution in [1.82, 2.24) is 10.6 Å². The van der Waals surface area contributed by atoms with Gasteiger partial charge in [0.25, 0.3) is 0 Å².